The third kappa shape index (κ3) is 6.58. The molecule has 0 bridgehead atoms. The summed E-state index contributed by atoms with van der Waals surface area (Å²) >= 11 is 0. The van der Waals surface area contributed by atoms with Gasteiger partial charge in [-0.1, -0.05) is 0 Å². The fourth-order valence-corrected chi connectivity index (χ4v) is 5.68. The number of piperidine rings is 1. The normalized spacial score (nSPS) is 20.3. The highest BCUT2D eigenvalue weighted by Gasteiger charge is 2.47. The first-order valence-electron chi connectivity index (χ1n) is 14.6. The number of ether oxygens (including phenoxy) is 2. The number of benzene rings is 1. The fourth-order valence-electron chi connectivity index (χ4n) is 5.68. The van der Waals surface area contributed by atoms with E-state index in [4.69, 9.17) is 14.6 Å². The van der Waals surface area contributed by atoms with Gasteiger partial charge in [-0.3, -0.25) is 14.5 Å². The molecule has 1 aromatic carbocycles. The summed E-state index contributed by atoms with van der Waals surface area (Å²) in [5.74, 6) is -3.34. The minimum Gasteiger partial charge on any atom is -0.483 e. The van der Waals surface area contributed by atoms with Gasteiger partial charge in [-0.25, -0.2) is 18.7 Å². The smallest absolute Gasteiger partial charge is 0.301 e. The van der Waals surface area contributed by atoms with Crippen molar-refractivity contribution >= 4 is 23.2 Å². The highest BCUT2D eigenvalue weighted by Crippen LogP contribution is 2.34. The van der Waals surface area contributed by atoms with Gasteiger partial charge in [0, 0.05) is 50.8 Å². The number of carbonyl (C=O) groups excluding carboxylic acids is 1. The standard InChI is InChI=1S/C30H32F2N8O5/c31-30(32)17-40(28(42)14-41)6-5-25(30)45-24-3-1-19(11-20(24)13-33)22-12-27(35-18-34-22)36-26-4-2-23(29(43)37-26)39-9-7-38(8-10-39)21-15-44-16-21/h1-4,11-12,18,21,25,41H,5-10,14-17H2,(H2,34,35,36,37,43). The molecule has 3 fully saturated rings. The summed E-state index contributed by atoms with van der Waals surface area (Å²) < 4.78 is 40.4. The van der Waals surface area contributed by atoms with E-state index in [1.807, 2.05) is 6.07 Å². The second kappa shape index (κ2) is 12.8. The molecule has 3 aliphatic heterocycles. The first kappa shape index (κ1) is 30.4. The number of hydrogen-bond acceptors (Lipinski definition) is 11. The predicted molar refractivity (Wildman–Crippen MR) is 159 cm³/mol. The third-order valence-electron chi connectivity index (χ3n) is 8.30. The molecule has 3 saturated heterocycles. The Morgan fingerprint density at radius 3 is 2.62 bits per heavy atom. The zero-order valence-electron chi connectivity index (χ0n) is 24.3. The van der Waals surface area contributed by atoms with E-state index in [-0.39, 0.29) is 29.8 Å². The van der Waals surface area contributed by atoms with Crippen LogP contribution in [0.4, 0.5) is 26.1 Å². The molecular weight excluding hydrogens is 590 g/mol. The number of halogens is 2. The molecular formula is C30H32F2N8O5. The maximum absolute atomic E-state index is 14.8. The number of likely N-dealkylation sites (tertiary alicyclic amines) is 1. The molecule has 45 heavy (non-hydrogen) atoms. The van der Waals surface area contributed by atoms with Crippen molar-refractivity contribution in [3.05, 3.63) is 58.6 Å². The van der Waals surface area contributed by atoms with E-state index in [9.17, 15) is 23.6 Å². The van der Waals surface area contributed by atoms with E-state index in [1.54, 1.807) is 24.3 Å². The van der Waals surface area contributed by atoms with Crippen molar-refractivity contribution in [2.45, 2.75) is 24.5 Å². The number of nitrogens with one attached hydrogen (secondary N) is 2. The zero-order chi connectivity index (χ0) is 31.6. The van der Waals surface area contributed by atoms with Crippen LogP contribution < -0.4 is 20.5 Å². The quantitative estimate of drug-likeness (QED) is 0.335. The highest BCUT2D eigenvalue weighted by atomic mass is 19.3. The molecule has 0 aliphatic carbocycles. The van der Waals surface area contributed by atoms with Crippen molar-refractivity contribution in [3.8, 4) is 23.1 Å². The molecule has 236 valence electrons. The summed E-state index contributed by atoms with van der Waals surface area (Å²) in [6, 6.07) is 12.2. The predicted octanol–water partition coefficient (Wildman–Crippen LogP) is 1.58. The van der Waals surface area contributed by atoms with Crippen LogP contribution in [0.15, 0.2) is 47.5 Å². The van der Waals surface area contributed by atoms with E-state index in [2.05, 4.69) is 30.1 Å². The van der Waals surface area contributed by atoms with Crippen LogP contribution in [0.3, 0.4) is 0 Å². The highest BCUT2D eigenvalue weighted by molar-refractivity contribution is 5.77. The number of aliphatic hydroxyl groups is 1. The number of amides is 1. The van der Waals surface area contributed by atoms with Gasteiger partial charge in [0.05, 0.1) is 37.1 Å². The summed E-state index contributed by atoms with van der Waals surface area (Å²) in [5.41, 5.74) is 1.38. The monoisotopic (exact) mass is 622 g/mol. The number of pyridine rings is 1. The average Bonchev–Trinajstić information content (AvgIpc) is 3.01. The van der Waals surface area contributed by atoms with Gasteiger partial charge < -0.3 is 34.7 Å². The lowest BCUT2D eigenvalue weighted by Crippen LogP contribution is -2.57. The van der Waals surface area contributed by atoms with Crippen LogP contribution in [0.25, 0.3) is 11.3 Å². The van der Waals surface area contributed by atoms with Gasteiger partial charge in [0.1, 0.15) is 42.1 Å². The molecule has 1 amide bonds. The van der Waals surface area contributed by atoms with Crippen LogP contribution in [0.5, 0.6) is 5.75 Å². The number of carbonyl (C=O) groups is 1. The first-order chi connectivity index (χ1) is 21.7. The number of piperazine rings is 1. The van der Waals surface area contributed by atoms with Crippen molar-refractivity contribution in [1.29, 1.82) is 5.26 Å². The van der Waals surface area contributed by atoms with Gasteiger partial charge in [0.25, 0.3) is 5.56 Å². The Labute approximate surface area is 257 Å². The molecule has 5 heterocycles. The van der Waals surface area contributed by atoms with Crippen LogP contribution in [-0.2, 0) is 9.53 Å². The third-order valence-corrected chi connectivity index (χ3v) is 8.30. The molecule has 3 aromatic rings. The summed E-state index contributed by atoms with van der Waals surface area (Å²) in [7, 11) is 0. The largest absolute Gasteiger partial charge is 0.483 e. The molecule has 6 rings (SSSR count). The van der Waals surface area contributed by atoms with E-state index < -0.39 is 31.1 Å². The van der Waals surface area contributed by atoms with Crippen molar-refractivity contribution in [2.24, 2.45) is 0 Å². The lowest BCUT2D eigenvalue weighted by molar-refractivity contribution is -0.161. The van der Waals surface area contributed by atoms with Gasteiger partial charge in [-0.05, 0) is 30.3 Å². The Balaban J connectivity index is 1.11. The van der Waals surface area contributed by atoms with E-state index in [0.29, 0.717) is 34.6 Å². The molecule has 1 atom stereocenters. The summed E-state index contributed by atoms with van der Waals surface area (Å²) in [5, 5.41) is 21.8. The Morgan fingerprint density at radius 2 is 1.96 bits per heavy atom. The molecule has 3 aliphatic rings. The molecule has 0 saturated carbocycles. The number of anilines is 3. The van der Waals surface area contributed by atoms with Gasteiger partial charge in [0.15, 0.2) is 6.10 Å². The molecule has 15 heteroatoms. The molecule has 0 spiro atoms. The number of nitriles is 1. The van der Waals surface area contributed by atoms with Crippen LogP contribution in [0, 0.1) is 11.3 Å². The minimum atomic E-state index is -3.37. The number of hydrogen-bond donors (Lipinski definition) is 3. The van der Waals surface area contributed by atoms with Crippen LogP contribution in [-0.4, -0.2) is 113 Å². The average molecular weight is 623 g/mol. The molecule has 0 radical (unpaired) electrons. The van der Waals surface area contributed by atoms with E-state index in [1.165, 1.54) is 18.5 Å². The Hall–Kier alpha value is -4.65. The Kier molecular flexibility index (Phi) is 8.61. The number of H-pyrrole nitrogens is 1. The van der Waals surface area contributed by atoms with E-state index in [0.717, 1.165) is 44.3 Å². The van der Waals surface area contributed by atoms with Gasteiger partial charge in [0.2, 0.25) is 5.91 Å². The molecule has 13 nitrogen and oxygen atoms in total. The number of nitrogens with zero attached hydrogens (tertiary/aromatic N) is 6. The Bertz CT molecular complexity index is 1650. The van der Waals surface area contributed by atoms with Crippen molar-refractivity contribution in [1.82, 2.24) is 24.8 Å². The minimum absolute atomic E-state index is 0.00209. The van der Waals surface area contributed by atoms with Crippen molar-refractivity contribution in [2.75, 3.05) is 69.3 Å². The number of alkyl halides is 2. The zero-order valence-corrected chi connectivity index (χ0v) is 24.3. The maximum atomic E-state index is 14.8. The first-order valence-corrected chi connectivity index (χ1v) is 14.6. The van der Waals surface area contributed by atoms with Crippen molar-refractivity contribution in [3.63, 3.8) is 0 Å². The summed E-state index contributed by atoms with van der Waals surface area (Å²) in [4.78, 5) is 41.3. The van der Waals surface area contributed by atoms with Crippen molar-refractivity contribution < 1.29 is 28.2 Å². The lowest BCUT2D eigenvalue weighted by Gasteiger charge is -2.43. The SMILES string of the molecule is N#Cc1cc(-c2cc(Nc3ccc(N4CCN(C5COC5)CC4)c(=O)[nH]3)ncn2)ccc1OC1CCN(C(=O)CO)CC1(F)F. The number of rotatable bonds is 8. The molecule has 2 aromatic heterocycles. The lowest BCUT2D eigenvalue weighted by atomic mass is 10.0. The van der Waals surface area contributed by atoms with Crippen LogP contribution in [0.2, 0.25) is 0 Å². The number of aromatic amines is 1. The van der Waals surface area contributed by atoms with Crippen LogP contribution >= 0.6 is 0 Å². The molecule has 1 unspecified atom stereocenters. The maximum Gasteiger partial charge on any atom is 0.301 e. The van der Waals surface area contributed by atoms with Gasteiger partial charge >= 0.3 is 5.92 Å². The second-order valence-electron chi connectivity index (χ2n) is 11.2. The van der Waals surface area contributed by atoms with Gasteiger partial charge in [-0.15, -0.1) is 0 Å². The second-order valence-corrected chi connectivity index (χ2v) is 11.2. The number of aromatic nitrogens is 3. The topological polar surface area (TPSA) is 160 Å². The van der Waals surface area contributed by atoms with E-state index >= 15 is 0 Å². The molecule has 3 N–H and O–H groups in total. The van der Waals surface area contributed by atoms with Gasteiger partial charge in [-0.2, -0.15) is 5.26 Å². The van der Waals surface area contributed by atoms with Crippen LogP contribution in [0.1, 0.15) is 12.0 Å². The fraction of sp³-hybridized carbons (Fsp3) is 0.433. The number of aliphatic hydroxyl groups excluding tert-OH is 1. The summed E-state index contributed by atoms with van der Waals surface area (Å²) in [6.07, 6.45) is -0.383. The summed E-state index contributed by atoms with van der Waals surface area (Å²) in [6.45, 7) is 3.06. The Morgan fingerprint density at radius 1 is 1.16 bits per heavy atom.